The average Bonchev–Trinajstić information content (AvgIpc) is 2.97. The van der Waals surface area contributed by atoms with Crippen molar-refractivity contribution in [1.82, 2.24) is 9.38 Å². The van der Waals surface area contributed by atoms with E-state index in [4.69, 9.17) is 4.74 Å². The van der Waals surface area contributed by atoms with Gasteiger partial charge in [-0.2, -0.15) is 0 Å². The van der Waals surface area contributed by atoms with Crippen molar-refractivity contribution >= 4 is 40.9 Å². The van der Waals surface area contributed by atoms with Crippen LogP contribution in [-0.4, -0.2) is 37.0 Å². The van der Waals surface area contributed by atoms with Gasteiger partial charge in [-0.05, 0) is 0 Å². The number of imidazole rings is 1. The summed E-state index contributed by atoms with van der Waals surface area (Å²) in [6, 6.07) is 8.00. The first-order chi connectivity index (χ1) is 9.17. The van der Waals surface area contributed by atoms with Crippen molar-refractivity contribution in [2.45, 2.75) is 0 Å². The number of ether oxygens (including phenoxy) is 1. The van der Waals surface area contributed by atoms with Gasteiger partial charge in [0.2, 0.25) is 0 Å². The van der Waals surface area contributed by atoms with Crippen molar-refractivity contribution in [3.8, 4) is 11.3 Å². The Labute approximate surface area is 123 Å². The van der Waals surface area contributed by atoms with Gasteiger partial charge in [0.1, 0.15) is 0 Å². The molecule has 0 atom stereocenters. The number of carbonyl (C=O) groups is 1. The van der Waals surface area contributed by atoms with Gasteiger partial charge in [0.25, 0.3) is 0 Å². The molecule has 0 N–H and O–H groups in total. The molecule has 0 spiro atoms. The summed E-state index contributed by atoms with van der Waals surface area (Å²) < 4.78 is 9.29. The minimum atomic E-state index is -0.268. The van der Waals surface area contributed by atoms with Crippen LogP contribution in [0.4, 0.5) is 0 Å². The van der Waals surface area contributed by atoms with Gasteiger partial charge in [-0.15, -0.1) is 0 Å². The summed E-state index contributed by atoms with van der Waals surface area (Å²) in [4.78, 5) is 16.0. The second-order valence-corrected chi connectivity index (χ2v) is 6.94. The van der Waals surface area contributed by atoms with Crippen LogP contribution in [0.5, 0.6) is 0 Å². The molecule has 0 aliphatic carbocycles. The summed E-state index contributed by atoms with van der Waals surface area (Å²) in [6.45, 7) is 0. The van der Waals surface area contributed by atoms with Gasteiger partial charge >= 0.3 is 124 Å². The molecule has 4 nitrogen and oxygen atoms in total. The van der Waals surface area contributed by atoms with E-state index in [1.165, 1.54) is 7.11 Å². The molecule has 2 aromatic heterocycles. The molecule has 3 aromatic rings. The molecule has 0 radical (unpaired) electrons. The van der Waals surface area contributed by atoms with Crippen LogP contribution in [0.15, 0.2) is 41.1 Å². The van der Waals surface area contributed by atoms with Crippen molar-refractivity contribution in [2.24, 2.45) is 0 Å². The fourth-order valence-electron chi connectivity index (χ4n) is 1.75. The van der Waals surface area contributed by atoms with Crippen molar-refractivity contribution in [3.63, 3.8) is 0 Å². The summed E-state index contributed by atoms with van der Waals surface area (Å²) in [5.74, 6) is -0.268. The predicted molar refractivity (Wildman–Crippen MR) is 76.6 cm³/mol. The quantitative estimate of drug-likeness (QED) is 0.504. The number of methoxy groups -OCH3 is 1. The Hall–Kier alpha value is -1.36. The fourth-order valence-corrected chi connectivity index (χ4v) is 3.87. The van der Waals surface area contributed by atoms with Crippen molar-refractivity contribution in [2.75, 3.05) is 7.11 Å². The van der Waals surface area contributed by atoms with Crippen LogP contribution >= 0.6 is 15.9 Å². The number of halogens is 1. The molecule has 1 aromatic carbocycles. The molecule has 2 heterocycles. The number of hydrogen-bond donors (Lipinski definition) is 0. The van der Waals surface area contributed by atoms with Gasteiger partial charge in [0.15, 0.2) is 0 Å². The molecular formula is C13H9BrN2O2Se. The third kappa shape index (κ3) is 2.39. The summed E-state index contributed by atoms with van der Waals surface area (Å²) in [5.41, 5.74) is 1.98. The van der Waals surface area contributed by atoms with E-state index in [0.717, 1.165) is 20.3 Å². The third-order valence-corrected chi connectivity index (χ3v) is 5.26. The standard InChI is InChI=1S/C13H9BrN2O2Se/c1-18-12(17)11-7-16-6-10(15-13(16)19-11)8-2-4-9(14)5-3-8/h2-7H,1H3. The topological polar surface area (TPSA) is 43.6 Å². The second-order valence-electron chi connectivity index (χ2n) is 3.91. The zero-order chi connectivity index (χ0) is 13.4. The number of esters is 1. The van der Waals surface area contributed by atoms with Gasteiger partial charge in [0, 0.05) is 0 Å². The van der Waals surface area contributed by atoms with Crippen molar-refractivity contribution in [1.29, 1.82) is 0 Å². The second kappa shape index (κ2) is 4.96. The van der Waals surface area contributed by atoms with Gasteiger partial charge in [0.05, 0.1) is 0 Å². The Kier molecular flexibility index (Phi) is 3.31. The number of nitrogens with zero attached hydrogens (tertiary/aromatic N) is 2. The first-order valence-corrected chi connectivity index (χ1v) is 8.01. The van der Waals surface area contributed by atoms with Gasteiger partial charge in [-0.1, -0.05) is 0 Å². The normalized spacial score (nSPS) is 10.8. The van der Waals surface area contributed by atoms with E-state index in [1.54, 1.807) is 6.20 Å². The SMILES string of the molecule is COC(=O)c1cn2cc(-c3ccc(Br)cc3)nc2[se]1. The summed E-state index contributed by atoms with van der Waals surface area (Å²) in [6.07, 6.45) is 3.74. The summed E-state index contributed by atoms with van der Waals surface area (Å²) in [7, 11) is 1.40. The molecule has 0 unspecified atom stereocenters. The van der Waals surface area contributed by atoms with E-state index >= 15 is 0 Å². The van der Waals surface area contributed by atoms with Crippen molar-refractivity contribution < 1.29 is 9.53 Å². The maximum absolute atomic E-state index is 11.5. The van der Waals surface area contributed by atoms with Crippen LogP contribution in [0.1, 0.15) is 9.23 Å². The van der Waals surface area contributed by atoms with Gasteiger partial charge < -0.3 is 0 Å². The monoisotopic (exact) mass is 384 g/mol. The molecule has 0 bridgehead atoms. The molecule has 6 heteroatoms. The van der Waals surface area contributed by atoms with Crippen molar-refractivity contribution in [3.05, 3.63) is 45.6 Å². The number of aromatic nitrogens is 2. The molecule has 0 aliphatic rings. The van der Waals surface area contributed by atoms with E-state index in [0.29, 0.717) is 4.44 Å². The predicted octanol–water partition coefficient (Wildman–Crippen LogP) is 2.61. The Morgan fingerprint density at radius 1 is 1.32 bits per heavy atom. The molecule has 0 amide bonds. The Morgan fingerprint density at radius 2 is 2.05 bits per heavy atom. The van der Waals surface area contributed by atoms with E-state index in [-0.39, 0.29) is 20.5 Å². The summed E-state index contributed by atoms with van der Waals surface area (Å²) >= 11 is 3.33. The van der Waals surface area contributed by atoms with E-state index in [2.05, 4.69) is 20.9 Å². The van der Waals surface area contributed by atoms with E-state index in [9.17, 15) is 4.79 Å². The molecule has 0 aliphatic heterocycles. The Bertz CT molecular complexity index is 714. The van der Waals surface area contributed by atoms with E-state index < -0.39 is 0 Å². The van der Waals surface area contributed by atoms with Crippen LogP contribution in [0.3, 0.4) is 0 Å². The summed E-state index contributed by atoms with van der Waals surface area (Å²) in [5, 5.41) is 0. The third-order valence-electron chi connectivity index (χ3n) is 2.68. The number of benzene rings is 1. The fraction of sp³-hybridized carbons (Fsp3) is 0.0769. The Balaban J connectivity index is 2.01. The molecule has 0 saturated carbocycles. The molecule has 19 heavy (non-hydrogen) atoms. The minimum absolute atomic E-state index is 0.0826. The average molecular weight is 384 g/mol. The zero-order valence-corrected chi connectivity index (χ0v) is 13.3. The first-order valence-electron chi connectivity index (χ1n) is 5.50. The van der Waals surface area contributed by atoms with Gasteiger partial charge in [-0.3, -0.25) is 0 Å². The number of hydrogen-bond acceptors (Lipinski definition) is 3. The molecular weight excluding hydrogens is 375 g/mol. The number of fused-ring (bicyclic) bond motifs is 1. The Morgan fingerprint density at radius 3 is 2.68 bits per heavy atom. The van der Waals surface area contributed by atoms with Crippen LogP contribution < -0.4 is 0 Å². The van der Waals surface area contributed by atoms with Crippen LogP contribution in [0.2, 0.25) is 0 Å². The van der Waals surface area contributed by atoms with Crippen LogP contribution in [0, 0.1) is 0 Å². The van der Waals surface area contributed by atoms with Gasteiger partial charge in [-0.25, -0.2) is 0 Å². The molecule has 96 valence electrons. The molecule has 3 rings (SSSR count). The first kappa shape index (κ1) is 12.7. The van der Waals surface area contributed by atoms with Crippen LogP contribution in [0.25, 0.3) is 15.8 Å². The van der Waals surface area contributed by atoms with Crippen LogP contribution in [-0.2, 0) is 4.74 Å². The number of rotatable bonds is 2. The van der Waals surface area contributed by atoms with E-state index in [1.807, 2.05) is 34.9 Å². The zero-order valence-electron chi connectivity index (χ0n) is 9.96. The molecule has 0 saturated heterocycles. The molecule has 0 fully saturated rings. The maximum atomic E-state index is 11.5. The number of carbonyl (C=O) groups excluding carboxylic acids is 1.